The lowest BCUT2D eigenvalue weighted by Crippen LogP contribution is -2.03. The van der Waals surface area contributed by atoms with Crippen molar-refractivity contribution in [1.29, 1.82) is 0 Å². The smallest absolute Gasteiger partial charge is 0.242 e. The zero-order valence-electron chi connectivity index (χ0n) is 12.8. The zero-order valence-corrected chi connectivity index (χ0v) is 12.8. The summed E-state index contributed by atoms with van der Waals surface area (Å²) in [6.45, 7) is 0.541. The highest BCUT2D eigenvalue weighted by Crippen LogP contribution is 2.13. The minimum atomic E-state index is 0.518. The number of nitrogens with one attached hydrogen (secondary N) is 2. The summed E-state index contributed by atoms with van der Waals surface area (Å²) in [5.74, 6) is 1.15. The molecule has 0 unspecified atom stereocenters. The summed E-state index contributed by atoms with van der Waals surface area (Å²) < 4.78 is 1.84. The molecule has 0 fully saturated rings. The molecule has 118 valence electrons. The molecule has 1 aromatic carbocycles. The fourth-order valence-electron chi connectivity index (χ4n) is 2.31. The van der Waals surface area contributed by atoms with Crippen LogP contribution in [0, 0.1) is 0 Å². The van der Waals surface area contributed by atoms with E-state index in [4.69, 9.17) is 0 Å². The van der Waals surface area contributed by atoms with Crippen molar-refractivity contribution in [2.45, 2.75) is 6.54 Å². The predicted molar refractivity (Wildman–Crippen MR) is 90.5 cm³/mol. The highest BCUT2D eigenvalue weighted by atomic mass is 15.3. The third kappa shape index (κ3) is 3.00. The Labute approximate surface area is 138 Å². The third-order valence-electron chi connectivity index (χ3n) is 3.49. The lowest BCUT2D eigenvalue weighted by atomic mass is 10.3. The van der Waals surface area contributed by atoms with Crippen LogP contribution in [0.2, 0.25) is 0 Å². The molecule has 0 aliphatic carbocycles. The number of pyridine rings is 1. The maximum Gasteiger partial charge on any atom is 0.242 e. The Morgan fingerprint density at radius 1 is 1.00 bits per heavy atom. The van der Waals surface area contributed by atoms with E-state index in [0.717, 1.165) is 17.1 Å². The van der Waals surface area contributed by atoms with Crippen molar-refractivity contribution in [2.24, 2.45) is 0 Å². The average molecular weight is 317 g/mol. The van der Waals surface area contributed by atoms with E-state index in [-0.39, 0.29) is 0 Å². The number of hydrogen-bond donors (Lipinski definition) is 2. The summed E-state index contributed by atoms with van der Waals surface area (Å²) in [5, 5.41) is 14.7. The second-order valence-electron chi connectivity index (χ2n) is 5.16. The van der Waals surface area contributed by atoms with Crippen LogP contribution in [0.4, 0.5) is 5.95 Å². The number of hydrogen-bond acceptors (Lipinski definition) is 5. The van der Waals surface area contributed by atoms with Gasteiger partial charge in [-0.05, 0) is 30.3 Å². The quantitative estimate of drug-likeness (QED) is 0.591. The van der Waals surface area contributed by atoms with E-state index in [1.54, 1.807) is 6.20 Å². The van der Waals surface area contributed by atoms with Gasteiger partial charge in [-0.25, -0.2) is 4.68 Å². The Bertz CT molecular complexity index is 835. The van der Waals surface area contributed by atoms with Gasteiger partial charge in [0, 0.05) is 12.4 Å². The van der Waals surface area contributed by atoms with E-state index >= 15 is 0 Å². The van der Waals surface area contributed by atoms with E-state index in [0.29, 0.717) is 18.3 Å². The van der Waals surface area contributed by atoms with E-state index in [2.05, 4.69) is 30.6 Å². The molecule has 0 aliphatic rings. The highest BCUT2D eigenvalue weighted by molar-refractivity contribution is 5.50. The van der Waals surface area contributed by atoms with Gasteiger partial charge in [-0.2, -0.15) is 10.1 Å². The molecule has 0 spiro atoms. The van der Waals surface area contributed by atoms with Gasteiger partial charge in [0.2, 0.25) is 5.95 Å². The molecule has 7 heteroatoms. The van der Waals surface area contributed by atoms with Gasteiger partial charge in [0.1, 0.15) is 5.69 Å². The normalized spacial score (nSPS) is 10.7. The largest absolute Gasteiger partial charge is 0.347 e. The van der Waals surface area contributed by atoms with E-state index in [1.165, 1.54) is 0 Å². The van der Waals surface area contributed by atoms with Crippen LogP contribution in [0.3, 0.4) is 0 Å². The second-order valence-corrected chi connectivity index (χ2v) is 5.16. The molecule has 4 aromatic rings. The molecule has 0 atom stereocenters. The molecule has 0 aliphatic heterocycles. The fourth-order valence-corrected chi connectivity index (χ4v) is 2.31. The first-order valence-electron chi connectivity index (χ1n) is 7.56. The molecule has 7 nitrogen and oxygen atoms in total. The average Bonchev–Trinajstić information content (AvgIpc) is 3.31. The minimum Gasteiger partial charge on any atom is -0.347 e. The molecule has 4 rings (SSSR count). The standard InChI is InChI=1S/C17H15N7/c1-2-6-14(7-3-1)24-11-9-13(23-24)12-19-17-20-16(21-22-17)15-8-4-5-10-18-15/h1-11H,12H2,(H2,19,20,21,22). The number of aromatic amines is 1. The molecule has 2 N–H and O–H groups in total. The molecule has 0 radical (unpaired) electrons. The maximum absolute atomic E-state index is 4.54. The van der Waals surface area contributed by atoms with Crippen LogP contribution in [0.5, 0.6) is 0 Å². The topological polar surface area (TPSA) is 84.3 Å². The van der Waals surface area contributed by atoms with Crippen LogP contribution in [0.1, 0.15) is 5.69 Å². The van der Waals surface area contributed by atoms with Gasteiger partial charge in [-0.1, -0.05) is 24.3 Å². The van der Waals surface area contributed by atoms with Gasteiger partial charge in [0.25, 0.3) is 0 Å². The molecule has 0 saturated carbocycles. The van der Waals surface area contributed by atoms with Gasteiger partial charge in [0.15, 0.2) is 5.82 Å². The molecular formula is C17H15N7. The SMILES string of the molecule is c1ccc(-n2ccc(CNc3n[nH]c(-c4ccccn4)n3)n2)cc1. The van der Waals surface area contributed by atoms with Crippen LogP contribution in [0.25, 0.3) is 17.2 Å². The first-order valence-corrected chi connectivity index (χ1v) is 7.56. The van der Waals surface area contributed by atoms with Gasteiger partial charge in [-0.3, -0.25) is 10.1 Å². The molecule has 24 heavy (non-hydrogen) atoms. The second kappa shape index (κ2) is 6.33. The van der Waals surface area contributed by atoms with E-state index in [9.17, 15) is 0 Å². The van der Waals surface area contributed by atoms with Crippen LogP contribution >= 0.6 is 0 Å². The number of anilines is 1. The van der Waals surface area contributed by atoms with Crippen LogP contribution in [-0.2, 0) is 6.54 Å². The summed E-state index contributed by atoms with van der Waals surface area (Å²) in [5.41, 5.74) is 2.69. The van der Waals surface area contributed by atoms with Crippen molar-refractivity contribution in [2.75, 3.05) is 5.32 Å². The fraction of sp³-hybridized carbons (Fsp3) is 0.0588. The number of H-pyrrole nitrogens is 1. The van der Waals surface area contributed by atoms with Crippen molar-refractivity contribution in [3.05, 3.63) is 72.7 Å². The number of nitrogens with zero attached hydrogens (tertiary/aromatic N) is 5. The Hall–Kier alpha value is -3.48. The molecular weight excluding hydrogens is 302 g/mol. The van der Waals surface area contributed by atoms with Crippen LogP contribution < -0.4 is 5.32 Å². The Morgan fingerprint density at radius 2 is 1.88 bits per heavy atom. The van der Waals surface area contributed by atoms with Gasteiger partial charge < -0.3 is 5.32 Å². The molecule has 0 bridgehead atoms. The summed E-state index contributed by atoms with van der Waals surface area (Å²) in [6, 6.07) is 17.6. The van der Waals surface area contributed by atoms with Gasteiger partial charge in [0.05, 0.1) is 17.9 Å². The van der Waals surface area contributed by atoms with Crippen molar-refractivity contribution in [1.82, 2.24) is 29.9 Å². The van der Waals surface area contributed by atoms with Crippen molar-refractivity contribution >= 4 is 5.95 Å². The predicted octanol–water partition coefficient (Wildman–Crippen LogP) is 2.66. The zero-order chi connectivity index (χ0) is 16.2. The van der Waals surface area contributed by atoms with Crippen LogP contribution in [0.15, 0.2) is 67.0 Å². The van der Waals surface area contributed by atoms with Crippen molar-refractivity contribution in [3.8, 4) is 17.2 Å². The lowest BCUT2D eigenvalue weighted by Gasteiger charge is -2.00. The summed E-state index contributed by atoms with van der Waals surface area (Å²) in [4.78, 5) is 8.63. The van der Waals surface area contributed by atoms with E-state index < -0.39 is 0 Å². The van der Waals surface area contributed by atoms with Gasteiger partial charge >= 0.3 is 0 Å². The number of rotatable bonds is 5. The van der Waals surface area contributed by atoms with Crippen molar-refractivity contribution in [3.63, 3.8) is 0 Å². The van der Waals surface area contributed by atoms with Crippen LogP contribution in [-0.4, -0.2) is 29.9 Å². The number of para-hydroxylation sites is 1. The maximum atomic E-state index is 4.54. The summed E-state index contributed by atoms with van der Waals surface area (Å²) in [6.07, 6.45) is 3.66. The third-order valence-corrected chi connectivity index (χ3v) is 3.49. The van der Waals surface area contributed by atoms with Crippen molar-refractivity contribution < 1.29 is 0 Å². The first-order chi connectivity index (χ1) is 11.9. The molecule has 0 saturated heterocycles. The van der Waals surface area contributed by atoms with E-state index in [1.807, 2.05) is 65.5 Å². The summed E-state index contributed by atoms with van der Waals surface area (Å²) in [7, 11) is 0. The monoisotopic (exact) mass is 317 g/mol. The minimum absolute atomic E-state index is 0.518. The lowest BCUT2D eigenvalue weighted by molar-refractivity contribution is 0.841. The van der Waals surface area contributed by atoms with Gasteiger partial charge in [-0.15, -0.1) is 5.10 Å². The Balaban J connectivity index is 1.43. The number of benzene rings is 1. The molecule has 3 heterocycles. The Kier molecular flexibility index (Phi) is 3.73. The molecule has 0 amide bonds. The first kappa shape index (κ1) is 14.1. The Morgan fingerprint density at radius 3 is 2.71 bits per heavy atom. The molecule has 3 aromatic heterocycles. The highest BCUT2D eigenvalue weighted by Gasteiger charge is 2.07. The summed E-state index contributed by atoms with van der Waals surface area (Å²) >= 11 is 0. The number of aromatic nitrogens is 6.